The molecule has 0 unspecified atom stereocenters. The number of hydrogen-bond acceptors (Lipinski definition) is 5. The Morgan fingerprint density at radius 1 is 1.00 bits per heavy atom. The van der Waals surface area contributed by atoms with Crippen molar-refractivity contribution in [3.05, 3.63) is 12.2 Å². The van der Waals surface area contributed by atoms with Crippen molar-refractivity contribution in [3.8, 4) is 0 Å². The highest BCUT2D eigenvalue weighted by Crippen LogP contribution is 2.20. The van der Waals surface area contributed by atoms with Gasteiger partial charge >= 0.3 is 14.5 Å². The molecule has 8 heteroatoms. The van der Waals surface area contributed by atoms with E-state index in [0.29, 0.717) is 11.8 Å². The summed E-state index contributed by atoms with van der Waals surface area (Å²) in [4.78, 5) is 11.2. The molecule has 0 saturated heterocycles. The molecule has 0 fully saturated rings. The van der Waals surface area contributed by atoms with Crippen molar-refractivity contribution in [2.45, 2.75) is 52.8 Å². The lowest BCUT2D eigenvalue weighted by atomic mass is 10.4. The average Bonchev–Trinajstić information content (AvgIpc) is 2.18. The van der Waals surface area contributed by atoms with E-state index in [-0.39, 0.29) is 6.79 Å². The van der Waals surface area contributed by atoms with Crippen LogP contribution >= 0.6 is 0 Å². The van der Waals surface area contributed by atoms with E-state index in [1.54, 1.807) is 6.92 Å². The van der Waals surface area contributed by atoms with Gasteiger partial charge in [0.25, 0.3) is 0 Å². The Balaban J connectivity index is 4.25. The molecular formula is C13H30O5Si3. The van der Waals surface area contributed by atoms with Crippen molar-refractivity contribution < 1.29 is 22.5 Å². The summed E-state index contributed by atoms with van der Waals surface area (Å²) in [5, 5.41) is 0. The maximum absolute atomic E-state index is 11.2. The highest BCUT2D eigenvalue weighted by atomic mass is 28.5. The minimum atomic E-state index is -2.15. The van der Waals surface area contributed by atoms with Gasteiger partial charge in [-0.15, -0.1) is 0 Å². The van der Waals surface area contributed by atoms with Gasteiger partial charge in [-0.2, -0.15) is 0 Å². The number of rotatable bonds is 9. The first kappa shape index (κ1) is 20.7. The van der Waals surface area contributed by atoms with Gasteiger partial charge in [0.05, 0.1) is 6.23 Å². The summed E-state index contributed by atoms with van der Waals surface area (Å²) in [6, 6.07) is 0. The van der Waals surface area contributed by atoms with Crippen molar-refractivity contribution in [2.24, 2.45) is 0 Å². The molecule has 0 saturated carbocycles. The average molecular weight is 351 g/mol. The second-order valence-electron chi connectivity index (χ2n) is 7.15. The number of ether oxygens (including phenoxy) is 2. The molecule has 0 N–H and O–H groups in total. The van der Waals surface area contributed by atoms with Gasteiger partial charge in [-0.3, -0.25) is 0 Å². The third-order valence-corrected chi connectivity index (χ3v) is 11.6. The number of hydrogen-bond donors (Lipinski definition) is 0. The van der Waals surface area contributed by atoms with Crippen LogP contribution in [0.5, 0.6) is 0 Å². The quantitative estimate of drug-likeness (QED) is 0.210. The van der Waals surface area contributed by atoms with Crippen LogP contribution in [-0.2, 0) is 22.5 Å². The topological polar surface area (TPSA) is 54.0 Å². The molecule has 0 aliphatic carbocycles. The van der Waals surface area contributed by atoms with E-state index in [4.69, 9.17) is 17.7 Å². The fourth-order valence-electron chi connectivity index (χ4n) is 1.96. The first-order chi connectivity index (χ1) is 9.24. The van der Waals surface area contributed by atoms with Crippen molar-refractivity contribution in [1.82, 2.24) is 0 Å². The van der Waals surface area contributed by atoms with Gasteiger partial charge in [-0.1, -0.05) is 6.58 Å². The van der Waals surface area contributed by atoms with Crippen LogP contribution in [0.4, 0.5) is 0 Å². The Bertz CT molecular complexity index is 374. The zero-order chi connectivity index (χ0) is 16.9. The maximum atomic E-state index is 11.2. The van der Waals surface area contributed by atoms with Crippen LogP contribution in [0, 0.1) is 0 Å². The molecule has 0 bridgehead atoms. The molecule has 5 nitrogen and oxygen atoms in total. The van der Waals surface area contributed by atoms with Crippen molar-refractivity contribution >= 4 is 31.2 Å². The van der Waals surface area contributed by atoms with E-state index < -0.39 is 31.2 Å². The van der Waals surface area contributed by atoms with Crippen molar-refractivity contribution in [3.63, 3.8) is 0 Å². The molecular weight excluding hydrogens is 320 g/mol. The molecule has 0 aromatic rings. The summed E-state index contributed by atoms with van der Waals surface area (Å²) < 4.78 is 22.8. The minimum absolute atomic E-state index is 0.0671. The molecule has 21 heavy (non-hydrogen) atoms. The standard InChI is InChI=1S/C13H30O5Si3/c1-12(2)13(14)16-10-15-11-20(6,7)18-21(8,9)17-19(3,4)5/h1,10-11H2,2-9H3. The Morgan fingerprint density at radius 3 is 1.95 bits per heavy atom. The van der Waals surface area contributed by atoms with Crippen LogP contribution in [0.15, 0.2) is 12.2 Å². The first-order valence-electron chi connectivity index (χ1n) is 7.05. The summed E-state index contributed by atoms with van der Waals surface area (Å²) in [5.74, 6) is -0.438. The molecule has 0 aliphatic heterocycles. The third kappa shape index (κ3) is 11.0. The maximum Gasteiger partial charge on any atom is 0.335 e. The minimum Gasteiger partial charge on any atom is -0.437 e. The zero-order valence-corrected chi connectivity index (χ0v) is 17.7. The lowest BCUT2D eigenvalue weighted by Gasteiger charge is -2.37. The van der Waals surface area contributed by atoms with E-state index in [2.05, 4.69) is 52.4 Å². The fraction of sp³-hybridized carbons (Fsp3) is 0.769. The van der Waals surface area contributed by atoms with Crippen LogP contribution in [0.2, 0.25) is 45.8 Å². The van der Waals surface area contributed by atoms with Gasteiger partial charge in [0.1, 0.15) is 0 Å². The normalized spacial score (nSPS) is 13.1. The molecule has 0 rings (SSSR count). The Morgan fingerprint density at radius 2 is 1.52 bits per heavy atom. The summed E-state index contributed by atoms with van der Waals surface area (Å²) >= 11 is 0. The van der Waals surface area contributed by atoms with E-state index >= 15 is 0 Å². The lowest BCUT2D eigenvalue weighted by molar-refractivity contribution is -0.150. The highest BCUT2D eigenvalue weighted by Gasteiger charge is 2.38. The summed E-state index contributed by atoms with van der Waals surface area (Å²) in [5.41, 5.74) is 0.364. The van der Waals surface area contributed by atoms with E-state index in [9.17, 15) is 4.79 Å². The van der Waals surface area contributed by atoms with Gasteiger partial charge < -0.3 is 17.7 Å². The number of carbonyl (C=O) groups is 1. The monoisotopic (exact) mass is 350 g/mol. The van der Waals surface area contributed by atoms with Crippen LogP contribution in [0.3, 0.4) is 0 Å². The van der Waals surface area contributed by atoms with E-state index in [1.807, 2.05) is 0 Å². The van der Waals surface area contributed by atoms with Crippen LogP contribution in [0.25, 0.3) is 0 Å². The molecule has 0 aromatic heterocycles. The second kappa shape index (κ2) is 7.84. The SMILES string of the molecule is C=C(C)C(=O)OCOC[Si](C)(C)O[Si](C)(C)O[Si](C)(C)C. The first-order valence-corrected chi connectivity index (χ1v) is 16.4. The molecule has 0 aromatic carbocycles. The van der Waals surface area contributed by atoms with Crippen LogP contribution in [0.1, 0.15) is 6.92 Å². The molecule has 0 amide bonds. The second-order valence-corrected chi connectivity index (χ2v) is 19.6. The van der Waals surface area contributed by atoms with Crippen molar-refractivity contribution in [2.75, 3.05) is 13.0 Å². The van der Waals surface area contributed by atoms with E-state index in [0.717, 1.165) is 0 Å². The summed E-state index contributed by atoms with van der Waals surface area (Å²) in [6.07, 6.45) is 0.460. The number of esters is 1. The Kier molecular flexibility index (Phi) is 7.74. The molecule has 0 heterocycles. The zero-order valence-electron chi connectivity index (χ0n) is 14.7. The van der Waals surface area contributed by atoms with E-state index in [1.165, 1.54) is 0 Å². The Labute approximate surface area is 132 Å². The van der Waals surface area contributed by atoms with Crippen LogP contribution < -0.4 is 0 Å². The molecule has 0 spiro atoms. The van der Waals surface area contributed by atoms with Gasteiger partial charge in [-0.05, 0) is 52.8 Å². The molecule has 0 aliphatic rings. The van der Waals surface area contributed by atoms with Crippen molar-refractivity contribution in [1.29, 1.82) is 0 Å². The van der Waals surface area contributed by atoms with Gasteiger partial charge in [-0.25, -0.2) is 4.79 Å². The van der Waals surface area contributed by atoms with Crippen LogP contribution in [-0.4, -0.2) is 44.2 Å². The lowest BCUT2D eigenvalue weighted by Crippen LogP contribution is -2.53. The highest BCUT2D eigenvalue weighted by molar-refractivity contribution is 6.87. The largest absolute Gasteiger partial charge is 0.437 e. The fourth-order valence-corrected chi connectivity index (χ4v) is 14.5. The number of carbonyl (C=O) groups excluding carboxylic acids is 1. The predicted molar refractivity (Wildman–Crippen MR) is 92.2 cm³/mol. The predicted octanol–water partition coefficient (Wildman–Crippen LogP) is 3.39. The molecule has 124 valence electrons. The third-order valence-electron chi connectivity index (χ3n) is 2.15. The molecule has 0 atom stereocenters. The van der Waals surface area contributed by atoms with Gasteiger partial charge in [0, 0.05) is 5.57 Å². The Hall–Kier alpha value is -0.259. The molecule has 0 radical (unpaired) electrons. The summed E-state index contributed by atoms with van der Waals surface area (Å²) in [6.45, 7) is 19.8. The van der Waals surface area contributed by atoms with Gasteiger partial charge in [0.15, 0.2) is 15.1 Å². The summed E-state index contributed by atoms with van der Waals surface area (Å²) in [7, 11) is -5.79. The smallest absolute Gasteiger partial charge is 0.335 e. The van der Waals surface area contributed by atoms with Gasteiger partial charge in [0.2, 0.25) is 8.32 Å².